The van der Waals surface area contributed by atoms with E-state index in [1.165, 1.54) is 141 Å². The molecule has 0 saturated carbocycles. The van der Waals surface area contributed by atoms with Crippen molar-refractivity contribution in [2.75, 3.05) is 19.0 Å². The number of hydrogen-bond donors (Lipinski definition) is 4. The molecule has 2 unspecified atom stereocenters. The lowest BCUT2D eigenvalue weighted by Gasteiger charge is -2.40. The van der Waals surface area contributed by atoms with Gasteiger partial charge in [-0.05, 0) is 38.5 Å². The molecule has 0 aromatic heterocycles. The highest BCUT2D eigenvalue weighted by molar-refractivity contribution is 7.85. The average Bonchev–Trinajstić information content (AvgIpc) is 3.27. The predicted octanol–water partition coefficient (Wildman–Crippen LogP) is 12.0. The van der Waals surface area contributed by atoms with E-state index in [2.05, 4.69) is 38.2 Å². The van der Waals surface area contributed by atoms with Crippen molar-refractivity contribution >= 4 is 22.1 Å². The molecule has 0 spiro atoms. The lowest BCUT2D eigenvalue weighted by atomic mass is 10.00. The number of aliphatic hydroxyl groups excluding tert-OH is 3. The lowest BCUT2D eigenvalue weighted by molar-refractivity contribution is -0.297. The Morgan fingerprint density at radius 1 is 0.523 bits per heavy atom. The first kappa shape index (κ1) is 61.1. The Bertz CT molecular complexity index is 1290. The zero-order chi connectivity index (χ0) is 47.6. The number of unbranched alkanes of at least 4 members (excludes halogenated alkanes) is 30. The summed E-state index contributed by atoms with van der Waals surface area (Å²) in [6, 6.07) is 0. The van der Waals surface area contributed by atoms with Crippen LogP contribution in [0.25, 0.3) is 0 Å². The second kappa shape index (κ2) is 42.2. The van der Waals surface area contributed by atoms with Gasteiger partial charge in [0.25, 0.3) is 10.1 Å². The molecule has 0 aromatic carbocycles. The molecule has 0 radical (unpaired) electrons. The standard InChI is InChI=1S/C52H96O12S/c1-3-5-7-9-11-13-15-17-19-20-21-22-23-24-25-27-28-30-32-34-36-38-40-47(53)61-42-45(43-62-52-51(57)50(56)49(55)46(64-52)44-65(58,59)60)63-48(54)41-39-37-35-33-31-29-26-18-16-14-12-10-8-6-4-2/h14,16,18,26,45-46,49-52,55-57H,3-13,15,17,19-25,27-44H2,1-2H3,(H,58,59,60)/b16-14+,26-18+/t45-,46-,49-,50?,51?,52+/m1/s1. The fraction of sp³-hybridized carbons (Fsp3) is 0.885. The average molecular weight is 945 g/mol. The van der Waals surface area contributed by atoms with Crippen LogP contribution >= 0.6 is 0 Å². The highest BCUT2D eigenvalue weighted by Crippen LogP contribution is 2.24. The predicted molar refractivity (Wildman–Crippen MR) is 261 cm³/mol. The first-order valence-electron chi connectivity index (χ1n) is 26.4. The van der Waals surface area contributed by atoms with E-state index in [-0.39, 0.29) is 19.4 Å². The van der Waals surface area contributed by atoms with E-state index in [0.717, 1.165) is 57.8 Å². The van der Waals surface area contributed by atoms with Crippen LogP contribution in [0, 0.1) is 0 Å². The normalized spacial score (nSPS) is 19.6. The van der Waals surface area contributed by atoms with Gasteiger partial charge in [-0.3, -0.25) is 14.1 Å². The molecule has 13 heteroatoms. The first-order valence-corrected chi connectivity index (χ1v) is 28.0. The van der Waals surface area contributed by atoms with Crippen LogP contribution in [-0.2, 0) is 38.7 Å². The van der Waals surface area contributed by atoms with Gasteiger partial charge in [-0.2, -0.15) is 8.42 Å². The van der Waals surface area contributed by atoms with E-state index < -0.39 is 71.2 Å². The topological polar surface area (TPSA) is 186 Å². The van der Waals surface area contributed by atoms with Crippen molar-refractivity contribution in [2.45, 2.75) is 275 Å². The molecule has 382 valence electrons. The van der Waals surface area contributed by atoms with Crippen LogP contribution in [0.3, 0.4) is 0 Å². The van der Waals surface area contributed by atoms with Gasteiger partial charge in [0.15, 0.2) is 12.4 Å². The summed E-state index contributed by atoms with van der Waals surface area (Å²) < 4.78 is 54.2. The van der Waals surface area contributed by atoms with E-state index in [9.17, 15) is 37.9 Å². The number of carbonyl (C=O) groups is 2. The molecule has 1 heterocycles. The largest absolute Gasteiger partial charge is 0.462 e. The molecule has 0 aromatic rings. The second-order valence-corrected chi connectivity index (χ2v) is 20.1. The quantitative estimate of drug-likeness (QED) is 0.0196. The third kappa shape index (κ3) is 36.8. The molecular formula is C52H96O12S. The Morgan fingerprint density at radius 2 is 0.908 bits per heavy atom. The Hall–Kier alpha value is -1.87. The van der Waals surface area contributed by atoms with E-state index >= 15 is 0 Å². The Morgan fingerprint density at radius 3 is 1.34 bits per heavy atom. The van der Waals surface area contributed by atoms with Crippen LogP contribution < -0.4 is 0 Å². The van der Waals surface area contributed by atoms with Gasteiger partial charge in [0.1, 0.15) is 36.8 Å². The summed E-state index contributed by atoms with van der Waals surface area (Å²) in [6.07, 6.45) is 39.4. The molecular weight excluding hydrogens is 849 g/mol. The fourth-order valence-corrected chi connectivity index (χ4v) is 8.89. The van der Waals surface area contributed by atoms with Gasteiger partial charge < -0.3 is 34.3 Å². The Kier molecular flexibility index (Phi) is 39.7. The van der Waals surface area contributed by atoms with Gasteiger partial charge in [-0.1, -0.05) is 212 Å². The van der Waals surface area contributed by atoms with Crippen LogP contribution in [0.1, 0.15) is 239 Å². The van der Waals surface area contributed by atoms with Crippen LogP contribution in [0.5, 0.6) is 0 Å². The molecule has 12 nitrogen and oxygen atoms in total. The zero-order valence-corrected chi connectivity index (χ0v) is 41.9. The van der Waals surface area contributed by atoms with Crippen LogP contribution in [0.4, 0.5) is 0 Å². The van der Waals surface area contributed by atoms with Crippen molar-refractivity contribution in [3.63, 3.8) is 0 Å². The lowest BCUT2D eigenvalue weighted by Crippen LogP contribution is -2.60. The van der Waals surface area contributed by atoms with Crippen molar-refractivity contribution in [1.82, 2.24) is 0 Å². The van der Waals surface area contributed by atoms with Crippen molar-refractivity contribution in [3.8, 4) is 0 Å². The Labute approximate surface area is 396 Å². The molecule has 0 amide bonds. The number of rotatable bonds is 45. The summed E-state index contributed by atoms with van der Waals surface area (Å²) in [4.78, 5) is 25.5. The smallest absolute Gasteiger partial charge is 0.306 e. The highest BCUT2D eigenvalue weighted by atomic mass is 32.2. The van der Waals surface area contributed by atoms with E-state index in [1.807, 2.05) is 0 Å². The first-order chi connectivity index (χ1) is 31.5. The van der Waals surface area contributed by atoms with Gasteiger partial charge in [0.2, 0.25) is 0 Å². The third-order valence-electron chi connectivity index (χ3n) is 12.3. The summed E-state index contributed by atoms with van der Waals surface area (Å²) in [6.45, 7) is 3.77. The van der Waals surface area contributed by atoms with Crippen LogP contribution in [0.15, 0.2) is 24.3 Å². The highest BCUT2D eigenvalue weighted by Gasteiger charge is 2.46. The van der Waals surface area contributed by atoms with Gasteiger partial charge >= 0.3 is 11.9 Å². The summed E-state index contributed by atoms with van der Waals surface area (Å²) in [5.41, 5.74) is 0. The van der Waals surface area contributed by atoms with E-state index in [1.54, 1.807) is 0 Å². The van der Waals surface area contributed by atoms with E-state index in [4.69, 9.17) is 18.9 Å². The maximum Gasteiger partial charge on any atom is 0.306 e. The molecule has 1 fully saturated rings. The summed E-state index contributed by atoms with van der Waals surface area (Å²) in [7, 11) is -4.60. The number of ether oxygens (including phenoxy) is 4. The van der Waals surface area contributed by atoms with Gasteiger partial charge in [-0.15, -0.1) is 0 Å². The molecule has 1 aliphatic rings. The fourth-order valence-electron chi connectivity index (χ4n) is 8.20. The number of carbonyl (C=O) groups excluding carboxylic acids is 2. The third-order valence-corrected chi connectivity index (χ3v) is 13.1. The van der Waals surface area contributed by atoms with Crippen molar-refractivity contribution < 1.29 is 56.8 Å². The minimum absolute atomic E-state index is 0.150. The SMILES string of the molecule is CCCCCC/C=C/C=C/CCCCCCCC(=O)O[C@H](COC(=O)CCCCCCCCCCCCCCCCCCCCCCCC)CO[C@H]1O[C@H](CS(=O)(=O)O)[C@@H](O)C(O)C1O. The molecule has 1 saturated heterocycles. The second-order valence-electron chi connectivity index (χ2n) is 18.6. The summed E-state index contributed by atoms with van der Waals surface area (Å²) in [5, 5.41) is 31.0. The molecule has 0 aliphatic carbocycles. The Balaban J connectivity index is 2.33. The van der Waals surface area contributed by atoms with Crippen LogP contribution in [0.2, 0.25) is 0 Å². The molecule has 1 rings (SSSR count). The van der Waals surface area contributed by atoms with E-state index in [0.29, 0.717) is 12.8 Å². The van der Waals surface area contributed by atoms with Crippen molar-refractivity contribution in [2.24, 2.45) is 0 Å². The molecule has 1 aliphatic heterocycles. The zero-order valence-electron chi connectivity index (χ0n) is 41.1. The van der Waals surface area contributed by atoms with Gasteiger partial charge in [0.05, 0.1) is 6.61 Å². The van der Waals surface area contributed by atoms with Crippen molar-refractivity contribution in [1.29, 1.82) is 0 Å². The molecule has 4 N–H and O–H groups in total. The monoisotopic (exact) mass is 945 g/mol. The molecule has 0 bridgehead atoms. The molecule has 65 heavy (non-hydrogen) atoms. The molecule has 6 atom stereocenters. The number of esters is 2. The van der Waals surface area contributed by atoms with Gasteiger partial charge in [-0.25, -0.2) is 0 Å². The number of allylic oxidation sites excluding steroid dienone is 4. The van der Waals surface area contributed by atoms with Crippen LogP contribution in [-0.4, -0.2) is 96.0 Å². The number of hydrogen-bond acceptors (Lipinski definition) is 11. The number of aliphatic hydroxyl groups is 3. The van der Waals surface area contributed by atoms with Gasteiger partial charge in [0, 0.05) is 12.8 Å². The minimum Gasteiger partial charge on any atom is -0.462 e. The maximum atomic E-state index is 12.8. The summed E-state index contributed by atoms with van der Waals surface area (Å²) in [5.74, 6) is -1.99. The minimum atomic E-state index is -4.60. The van der Waals surface area contributed by atoms with Crippen molar-refractivity contribution in [3.05, 3.63) is 24.3 Å². The summed E-state index contributed by atoms with van der Waals surface area (Å²) >= 11 is 0. The maximum absolute atomic E-state index is 12.8.